The van der Waals surface area contributed by atoms with E-state index in [0.717, 1.165) is 5.56 Å². The van der Waals surface area contributed by atoms with Crippen LogP contribution in [-0.2, 0) is 25.6 Å². The largest absolute Gasteiger partial charge is 0.491 e. The molecule has 0 aliphatic carbocycles. The molecule has 6 nitrogen and oxygen atoms in total. The summed E-state index contributed by atoms with van der Waals surface area (Å²) in [5, 5.41) is 3.59. The van der Waals surface area contributed by atoms with Gasteiger partial charge in [0, 0.05) is 30.6 Å². The second kappa shape index (κ2) is 8.45. The van der Waals surface area contributed by atoms with Gasteiger partial charge in [0.2, 0.25) is 11.7 Å². The zero-order valence-electron chi connectivity index (χ0n) is 14.8. The van der Waals surface area contributed by atoms with Gasteiger partial charge in [-0.3, -0.25) is 9.59 Å². The van der Waals surface area contributed by atoms with Gasteiger partial charge in [-0.1, -0.05) is 29.8 Å². The fourth-order valence-corrected chi connectivity index (χ4v) is 3.38. The monoisotopic (exact) mass is 378 g/mol. The fourth-order valence-electron chi connectivity index (χ4n) is 3.17. The molecule has 1 saturated heterocycles. The van der Waals surface area contributed by atoms with E-state index >= 15 is 0 Å². The maximum Gasteiger partial charge on any atom is 0.292 e. The minimum atomic E-state index is -0.155. The minimum absolute atomic E-state index is 0.00432. The third kappa shape index (κ3) is 4.30. The Morgan fingerprint density at radius 1 is 1.19 bits per heavy atom. The number of nitrogens with one attached hydrogen (secondary N) is 1. The Morgan fingerprint density at radius 3 is 2.58 bits per heavy atom. The predicted molar refractivity (Wildman–Crippen MR) is 97.2 cm³/mol. The van der Waals surface area contributed by atoms with Gasteiger partial charge in [0.1, 0.15) is 19.0 Å². The van der Waals surface area contributed by atoms with E-state index in [2.05, 4.69) is 5.32 Å². The van der Waals surface area contributed by atoms with Crippen molar-refractivity contribution in [2.75, 3.05) is 26.3 Å². The van der Waals surface area contributed by atoms with E-state index in [1.54, 1.807) is 17.9 Å². The van der Waals surface area contributed by atoms with Crippen molar-refractivity contribution in [2.45, 2.75) is 26.3 Å². The van der Waals surface area contributed by atoms with Gasteiger partial charge in [-0.2, -0.15) is 0 Å². The lowest BCUT2D eigenvalue weighted by molar-refractivity contribution is -0.136. The second-order valence-electron chi connectivity index (χ2n) is 6.46. The maximum absolute atomic E-state index is 12.5. The molecule has 0 spiro atoms. The number of carbonyl (C=O) groups excluding carboxylic acids is 2. The first kappa shape index (κ1) is 18.6. The van der Waals surface area contributed by atoms with Gasteiger partial charge in [0.25, 0.3) is 5.91 Å². The summed E-state index contributed by atoms with van der Waals surface area (Å²) < 4.78 is 10.8. The van der Waals surface area contributed by atoms with Gasteiger partial charge in [-0.25, -0.2) is 0 Å². The number of halogens is 1. The number of rotatable bonds is 4. The van der Waals surface area contributed by atoms with Crippen molar-refractivity contribution in [3.63, 3.8) is 0 Å². The number of benzene rings is 1. The number of carbonyl (C=O) groups is 2. The molecule has 7 heteroatoms. The Bertz CT molecular complexity index is 711. The smallest absolute Gasteiger partial charge is 0.292 e. The molecule has 0 saturated carbocycles. The quantitative estimate of drug-likeness (QED) is 0.874. The lowest BCUT2D eigenvalue weighted by atomic mass is 9.95. The Balaban J connectivity index is 1.49. The lowest BCUT2D eigenvalue weighted by Gasteiger charge is -2.32. The molecule has 140 valence electrons. The molecule has 0 bridgehead atoms. The van der Waals surface area contributed by atoms with E-state index in [0.29, 0.717) is 56.5 Å². The van der Waals surface area contributed by atoms with Crippen LogP contribution < -0.4 is 5.32 Å². The van der Waals surface area contributed by atoms with Crippen LogP contribution in [-0.4, -0.2) is 43.0 Å². The van der Waals surface area contributed by atoms with Crippen LogP contribution >= 0.6 is 11.6 Å². The summed E-state index contributed by atoms with van der Waals surface area (Å²) in [4.78, 5) is 26.7. The first-order chi connectivity index (χ1) is 12.6. The highest BCUT2D eigenvalue weighted by Crippen LogP contribution is 2.22. The predicted octanol–water partition coefficient (Wildman–Crippen LogP) is 2.47. The molecule has 26 heavy (non-hydrogen) atoms. The molecule has 0 radical (unpaired) electrons. The first-order valence-corrected chi connectivity index (χ1v) is 9.21. The molecular weight excluding hydrogens is 356 g/mol. The van der Waals surface area contributed by atoms with Crippen molar-refractivity contribution in [1.29, 1.82) is 0 Å². The molecule has 1 aromatic carbocycles. The number of amides is 2. The summed E-state index contributed by atoms with van der Waals surface area (Å²) in [5.74, 6) is 0.570. The molecule has 1 N–H and O–H groups in total. The normalized spacial score (nSPS) is 18.2. The van der Waals surface area contributed by atoms with Crippen LogP contribution in [0.15, 0.2) is 35.8 Å². The number of piperidine rings is 1. The van der Waals surface area contributed by atoms with Gasteiger partial charge in [-0.05, 0) is 31.4 Å². The van der Waals surface area contributed by atoms with Gasteiger partial charge < -0.3 is 19.7 Å². The van der Waals surface area contributed by atoms with E-state index in [9.17, 15) is 9.59 Å². The summed E-state index contributed by atoms with van der Waals surface area (Å²) in [6.45, 7) is 4.07. The topological polar surface area (TPSA) is 67.9 Å². The molecule has 0 aromatic heterocycles. The van der Waals surface area contributed by atoms with E-state index in [4.69, 9.17) is 21.1 Å². The Labute approximate surface area is 158 Å². The SMILES string of the molecule is CC1=C(C(=O)N2CCC(C(=O)NCc3ccccc3Cl)CC2)OCCO1. The van der Waals surface area contributed by atoms with Crippen molar-refractivity contribution < 1.29 is 19.1 Å². The second-order valence-corrected chi connectivity index (χ2v) is 6.87. The van der Waals surface area contributed by atoms with Crippen LogP contribution in [0.2, 0.25) is 5.02 Å². The zero-order valence-corrected chi connectivity index (χ0v) is 15.6. The molecule has 1 fully saturated rings. The van der Waals surface area contributed by atoms with Crippen molar-refractivity contribution >= 4 is 23.4 Å². The zero-order chi connectivity index (χ0) is 18.5. The van der Waals surface area contributed by atoms with Gasteiger partial charge >= 0.3 is 0 Å². The Morgan fingerprint density at radius 2 is 1.88 bits per heavy atom. The van der Waals surface area contributed by atoms with Gasteiger partial charge in [0.15, 0.2) is 0 Å². The van der Waals surface area contributed by atoms with Crippen LogP contribution in [0.3, 0.4) is 0 Å². The van der Waals surface area contributed by atoms with E-state index in [-0.39, 0.29) is 23.5 Å². The molecule has 2 amide bonds. The lowest BCUT2D eigenvalue weighted by Crippen LogP contribution is -2.44. The molecule has 2 heterocycles. The number of nitrogens with zero attached hydrogens (tertiary/aromatic N) is 1. The van der Waals surface area contributed by atoms with Crippen molar-refractivity contribution in [3.05, 3.63) is 46.4 Å². The Kier molecular flexibility index (Phi) is 6.04. The molecule has 1 aromatic rings. The summed E-state index contributed by atoms with van der Waals surface area (Å²) in [6.07, 6.45) is 1.26. The summed E-state index contributed by atoms with van der Waals surface area (Å²) in [5.41, 5.74) is 0.895. The van der Waals surface area contributed by atoms with Crippen molar-refractivity contribution in [2.24, 2.45) is 5.92 Å². The van der Waals surface area contributed by atoms with Crippen molar-refractivity contribution in [1.82, 2.24) is 10.2 Å². The minimum Gasteiger partial charge on any atom is -0.491 e. The van der Waals surface area contributed by atoms with Gasteiger partial charge in [0.05, 0.1) is 0 Å². The number of hydrogen-bond donors (Lipinski definition) is 1. The van der Waals surface area contributed by atoms with Crippen LogP contribution in [0.1, 0.15) is 25.3 Å². The average Bonchev–Trinajstić information content (AvgIpc) is 2.67. The highest BCUT2D eigenvalue weighted by atomic mass is 35.5. The third-order valence-corrected chi connectivity index (χ3v) is 5.09. The molecule has 2 aliphatic rings. The first-order valence-electron chi connectivity index (χ1n) is 8.83. The molecule has 0 unspecified atom stereocenters. The number of likely N-dealkylation sites (tertiary alicyclic amines) is 1. The maximum atomic E-state index is 12.5. The fraction of sp³-hybridized carbons (Fsp3) is 0.474. The molecule has 0 atom stereocenters. The van der Waals surface area contributed by atoms with Crippen LogP contribution in [0.25, 0.3) is 0 Å². The standard InChI is InChI=1S/C19H23ClN2O4/c1-13-17(26-11-10-25-13)19(24)22-8-6-14(7-9-22)18(23)21-12-15-4-2-3-5-16(15)20/h2-5,14H,6-12H2,1H3,(H,21,23). The number of ether oxygens (including phenoxy) is 2. The molecule has 2 aliphatic heterocycles. The van der Waals surface area contributed by atoms with E-state index < -0.39 is 0 Å². The van der Waals surface area contributed by atoms with Crippen LogP contribution in [0.5, 0.6) is 0 Å². The molecular formula is C19H23ClN2O4. The Hall–Kier alpha value is -2.21. The molecule has 3 rings (SSSR count). The van der Waals surface area contributed by atoms with E-state index in [1.165, 1.54) is 0 Å². The highest BCUT2D eigenvalue weighted by molar-refractivity contribution is 6.31. The van der Waals surface area contributed by atoms with E-state index in [1.807, 2.05) is 18.2 Å². The number of hydrogen-bond acceptors (Lipinski definition) is 4. The average molecular weight is 379 g/mol. The van der Waals surface area contributed by atoms with Crippen LogP contribution in [0, 0.1) is 5.92 Å². The van der Waals surface area contributed by atoms with Gasteiger partial charge in [-0.15, -0.1) is 0 Å². The summed E-state index contributed by atoms with van der Waals surface area (Å²) in [7, 11) is 0. The summed E-state index contributed by atoms with van der Waals surface area (Å²) in [6, 6.07) is 7.46. The van der Waals surface area contributed by atoms with Crippen LogP contribution in [0.4, 0.5) is 0 Å². The van der Waals surface area contributed by atoms with Crippen molar-refractivity contribution in [3.8, 4) is 0 Å². The summed E-state index contributed by atoms with van der Waals surface area (Å²) >= 11 is 6.11. The third-order valence-electron chi connectivity index (χ3n) is 4.73. The number of allylic oxidation sites excluding steroid dienone is 1. The highest BCUT2D eigenvalue weighted by Gasteiger charge is 2.31.